The Morgan fingerprint density at radius 3 is 1.12 bits per heavy atom. The number of nitrogens with zero attached hydrogens (tertiary/aromatic N) is 2. The van der Waals surface area contributed by atoms with Crippen molar-refractivity contribution < 1.29 is 0 Å². The first-order valence-corrected chi connectivity index (χ1v) is 19.6. The minimum absolute atomic E-state index is 1.17. The largest absolute Gasteiger partial charge is 0.309 e. The van der Waals surface area contributed by atoms with Crippen molar-refractivity contribution in [1.82, 2.24) is 9.13 Å². The van der Waals surface area contributed by atoms with Gasteiger partial charge in [-0.3, -0.25) is 0 Å². The van der Waals surface area contributed by atoms with Crippen LogP contribution in [0.3, 0.4) is 0 Å². The van der Waals surface area contributed by atoms with Crippen molar-refractivity contribution in [2.24, 2.45) is 0 Å². The molecule has 8 aromatic carbocycles. The van der Waals surface area contributed by atoms with Crippen molar-refractivity contribution in [1.29, 1.82) is 0 Å². The van der Waals surface area contributed by atoms with Crippen molar-refractivity contribution in [2.75, 3.05) is 0 Å². The van der Waals surface area contributed by atoms with Gasteiger partial charge in [-0.15, -0.1) is 0 Å². The van der Waals surface area contributed by atoms with Gasteiger partial charge >= 0.3 is 0 Å². The molecule has 2 heterocycles. The molecule has 0 aliphatic carbocycles. The highest BCUT2D eigenvalue weighted by atomic mass is 28.3. The Balaban J connectivity index is 1.25. The fourth-order valence-corrected chi connectivity index (χ4v) is 13.2. The molecule has 0 N–H and O–H groups in total. The van der Waals surface area contributed by atoms with Crippen LogP contribution in [0.15, 0.2) is 206 Å². The second-order valence-corrected chi connectivity index (χ2v) is 17.1. The number of fused-ring (bicyclic) bond motifs is 6. The molecule has 0 atom stereocenters. The minimum Gasteiger partial charge on any atom is -0.309 e. The Morgan fingerprint density at radius 2 is 0.608 bits per heavy atom. The number of rotatable bonds is 6. The molecular weight excluding hydrogens is 633 g/mol. The van der Waals surface area contributed by atoms with Crippen molar-refractivity contribution in [3.05, 3.63) is 206 Å². The molecule has 2 aromatic heterocycles. The lowest BCUT2D eigenvalue weighted by Gasteiger charge is -2.34. The van der Waals surface area contributed by atoms with Gasteiger partial charge in [-0.2, -0.15) is 0 Å². The second-order valence-electron chi connectivity index (χ2n) is 13.3. The average Bonchev–Trinajstić information content (AvgIpc) is 3.73. The molecule has 0 saturated carbocycles. The Hall–Kier alpha value is -6.42. The lowest BCUT2D eigenvalue weighted by atomic mass is 10.1. The van der Waals surface area contributed by atoms with Crippen LogP contribution in [-0.4, -0.2) is 17.2 Å². The number of benzene rings is 8. The van der Waals surface area contributed by atoms with Crippen LogP contribution in [0.25, 0.3) is 55.0 Å². The molecule has 0 aliphatic rings. The Morgan fingerprint density at radius 1 is 0.255 bits per heavy atom. The zero-order valence-corrected chi connectivity index (χ0v) is 29.0. The SMILES string of the molecule is c1ccc(-n2c3ccccc3c3cc([Si](c4ccccc4)(c4ccccc4)c4ccc(-n5c6ccccc6c6ccccc65)cc4)ccc32)cc1. The zero-order valence-electron chi connectivity index (χ0n) is 28.0. The van der Waals surface area contributed by atoms with Gasteiger partial charge in [0.2, 0.25) is 0 Å². The molecule has 51 heavy (non-hydrogen) atoms. The maximum atomic E-state index is 2.50. The fourth-order valence-electron chi connectivity index (χ4n) is 8.50. The second kappa shape index (κ2) is 11.9. The highest BCUT2D eigenvalue weighted by molar-refractivity contribution is 7.20. The zero-order chi connectivity index (χ0) is 33.8. The molecule has 240 valence electrons. The highest BCUT2D eigenvalue weighted by Gasteiger charge is 2.41. The van der Waals surface area contributed by atoms with E-state index in [1.54, 1.807) is 0 Å². The molecule has 2 nitrogen and oxygen atoms in total. The van der Waals surface area contributed by atoms with E-state index in [2.05, 4.69) is 215 Å². The van der Waals surface area contributed by atoms with Gasteiger partial charge in [0.1, 0.15) is 0 Å². The molecule has 0 unspecified atom stereocenters. The van der Waals surface area contributed by atoms with Crippen LogP contribution in [0.2, 0.25) is 0 Å². The van der Waals surface area contributed by atoms with Crippen LogP contribution in [0.5, 0.6) is 0 Å². The number of hydrogen-bond donors (Lipinski definition) is 0. The number of para-hydroxylation sites is 4. The summed E-state index contributed by atoms with van der Waals surface area (Å²) in [6.07, 6.45) is 0. The molecule has 0 bridgehead atoms. The van der Waals surface area contributed by atoms with Gasteiger partial charge in [-0.25, -0.2) is 0 Å². The predicted octanol–water partition coefficient (Wildman–Crippen LogP) is 9.26. The summed E-state index contributed by atoms with van der Waals surface area (Å²) in [6.45, 7) is 0. The molecule has 10 rings (SSSR count). The van der Waals surface area contributed by atoms with E-state index in [-0.39, 0.29) is 0 Å². The smallest absolute Gasteiger partial charge is 0.179 e. The Kier molecular flexibility index (Phi) is 6.86. The first kappa shape index (κ1) is 29.5. The summed E-state index contributed by atoms with van der Waals surface area (Å²) in [6, 6.07) is 76.2. The highest BCUT2D eigenvalue weighted by Crippen LogP contribution is 2.33. The van der Waals surface area contributed by atoms with Gasteiger partial charge in [-0.05, 0) is 69.3 Å². The first-order chi connectivity index (χ1) is 25.3. The molecular formula is C48H34N2Si. The van der Waals surface area contributed by atoms with Crippen LogP contribution in [-0.2, 0) is 0 Å². The van der Waals surface area contributed by atoms with Gasteiger partial charge in [0.25, 0.3) is 0 Å². The summed E-state index contributed by atoms with van der Waals surface area (Å²) in [5.41, 5.74) is 7.23. The molecule has 3 heteroatoms. The number of hydrogen-bond acceptors (Lipinski definition) is 0. The Labute approximate surface area is 298 Å². The van der Waals surface area contributed by atoms with Gasteiger partial charge < -0.3 is 9.13 Å². The topological polar surface area (TPSA) is 9.86 Å². The summed E-state index contributed by atoms with van der Waals surface area (Å²) in [5.74, 6) is 0. The molecule has 0 amide bonds. The van der Waals surface area contributed by atoms with Crippen molar-refractivity contribution in [3.8, 4) is 11.4 Å². The Bertz CT molecular complexity index is 2740. The van der Waals surface area contributed by atoms with Crippen molar-refractivity contribution >= 4 is 72.4 Å². The maximum absolute atomic E-state index is 2.81. The fraction of sp³-hybridized carbons (Fsp3) is 0. The van der Waals surface area contributed by atoms with Crippen molar-refractivity contribution in [3.63, 3.8) is 0 Å². The lowest BCUT2D eigenvalue weighted by molar-refractivity contribution is 1.18. The molecule has 0 aliphatic heterocycles. The molecule has 10 aromatic rings. The van der Waals surface area contributed by atoms with Crippen molar-refractivity contribution in [2.45, 2.75) is 0 Å². The van der Waals surface area contributed by atoms with E-state index >= 15 is 0 Å². The van der Waals surface area contributed by atoms with E-state index < -0.39 is 8.07 Å². The minimum atomic E-state index is -2.81. The normalized spacial score (nSPS) is 11.9. The first-order valence-electron chi connectivity index (χ1n) is 17.6. The summed E-state index contributed by atoms with van der Waals surface area (Å²) in [4.78, 5) is 0. The van der Waals surface area contributed by atoms with E-state index in [1.807, 2.05) is 0 Å². The molecule has 0 radical (unpaired) electrons. The predicted molar refractivity (Wildman–Crippen MR) is 219 cm³/mol. The summed E-state index contributed by atoms with van der Waals surface area (Å²) >= 11 is 0. The van der Waals surface area contributed by atoms with E-state index in [4.69, 9.17) is 0 Å². The maximum Gasteiger partial charge on any atom is 0.179 e. The molecule has 0 spiro atoms. The van der Waals surface area contributed by atoms with Gasteiger partial charge in [0, 0.05) is 32.9 Å². The third-order valence-electron chi connectivity index (χ3n) is 10.7. The van der Waals surface area contributed by atoms with E-state index in [0.717, 1.165) is 0 Å². The summed E-state index contributed by atoms with van der Waals surface area (Å²) in [7, 11) is -2.81. The van der Waals surface area contributed by atoms with E-state index in [1.165, 1.54) is 75.7 Å². The van der Waals surface area contributed by atoms with Crippen LogP contribution in [0.1, 0.15) is 0 Å². The van der Waals surface area contributed by atoms with E-state index in [0.29, 0.717) is 0 Å². The monoisotopic (exact) mass is 666 g/mol. The third kappa shape index (κ3) is 4.49. The standard InChI is InChI=1S/C48H34N2Si/c1-4-16-35(17-5-1)49-47-27-15-12-24-43(47)44-34-40(32-33-48(44)49)51(37-18-6-2-7-19-37,38-20-8-3-9-21-38)39-30-28-36(29-31-39)50-45-25-13-10-22-41(45)42-23-11-14-26-46(42)50/h1-34H. The quantitative estimate of drug-likeness (QED) is 0.124. The van der Waals surface area contributed by atoms with Crippen LogP contribution in [0.4, 0.5) is 0 Å². The lowest BCUT2D eigenvalue weighted by Crippen LogP contribution is -2.74. The van der Waals surface area contributed by atoms with Crippen LogP contribution >= 0.6 is 0 Å². The van der Waals surface area contributed by atoms with Gasteiger partial charge in [-0.1, -0.05) is 158 Å². The van der Waals surface area contributed by atoms with Gasteiger partial charge in [0.05, 0.1) is 22.1 Å². The number of aromatic nitrogens is 2. The third-order valence-corrected chi connectivity index (χ3v) is 15.4. The van der Waals surface area contributed by atoms with Crippen LogP contribution < -0.4 is 20.7 Å². The summed E-state index contributed by atoms with van der Waals surface area (Å²) < 4.78 is 4.82. The average molecular weight is 667 g/mol. The van der Waals surface area contributed by atoms with E-state index in [9.17, 15) is 0 Å². The molecule has 0 saturated heterocycles. The van der Waals surface area contributed by atoms with Crippen LogP contribution in [0, 0.1) is 0 Å². The molecule has 0 fully saturated rings. The summed E-state index contributed by atoms with van der Waals surface area (Å²) in [5, 5.41) is 10.6. The van der Waals surface area contributed by atoms with Gasteiger partial charge in [0.15, 0.2) is 8.07 Å².